The van der Waals surface area contributed by atoms with Gasteiger partial charge in [-0.25, -0.2) is 4.79 Å². The van der Waals surface area contributed by atoms with Crippen molar-refractivity contribution in [2.24, 2.45) is 0 Å². The molecule has 0 radical (unpaired) electrons. The van der Waals surface area contributed by atoms with Gasteiger partial charge in [-0.1, -0.05) is 0 Å². The number of esters is 1. The van der Waals surface area contributed by atoms with Crippen molar-refractivity contribution in [1.82, 2.24) is 10.2 Å². The van der Waals surface area contributed by atoms with Crippen molar-refractivity contribution in [3.8, 4) is 17.2 Å². The lowest BCUT2D eigenvalue weighted by Crippen LogP contribution is -2.08. The lowest BCUT2D eigenvalue weighted by molar-refractivity contribution is 0.0285. The molecule has 3 aromatic rings. The van der Waals surface area contributed by atoms with E-state index in [1.807, 2.05) is 37.3 Å². The molecule has 7 heteroatoms. The maximum absolute atomic E-state index is 12.1. The Morgan fingerprint density at radius 1 is 1.17 bits per heavy atom. The Balaban J connectivity index is 1.71. The molecule has 24 heavy (non-hydrogen) atoms. The summed E-state index contributed by atoms with van der Waals surface area (Å²) in [5.41, 5.74) is 0.766. The quantitative estimate of drug-likeness (QED) is 0.651. The monoisotopic (exact) mass is 344 g/mol. The first-order chi connectivity index (χ1) is 11.6. The molecule has 6 nitrogen and oxygen atoms in total. The van der Waals surface area contributed by atoms with E-state index < -0.39 is 12.1 Å². The van der Waals surface area contributed by atoms with Gasteiger partial charge in [0.15, 0.2) is 6.10 Å². The Bertz CT molecular complexity index is 838. The zero-order valence-corrected chi connectivity index (χ0v) is 14.3. The van der Waals surface area contributed by atoms with E-state index in [1.54, 1.807) is 20.1 Å². The minimum atomic E-state index is -0.626. The number of aromatic nitrogens is 2. The predicted octanol–water partition coefficient (Wildman–Crippen LogP) is 4.03. The van der Waals surface area contributed by atoms with E-state index in [0.717, 1.165) is 16.2 Å². The third-order valence-electron chi connectivity index (χ3n) is 3.35. The highest BCUT2D eigenvalue weighted by atomic mass is 32.1. The summed E-state index contributed by atoms with van der Waals surface area (Å²) in [6.45, 7) is 3.63. The fraction of sp³-hybridized carbons (Fsp3) is 0.235. The minimum Gasteiger partial charge on any atom is -0.497 e. The number of hydrogen-bond acceptors (Lipinski definition) is 7. The molecule has 124 valence electrons. The van der Waals surface area contributed by atoms with Gasteiger partial charge in [0.05, 0.1) is 7.11 Å². The molecule has 3 rings (SSSR count). The molecule has 0 N–H and O–H groups in total. The van der Waals surface area contributed by atoms with Gasteiger partial charge in [-0.3, -0.25) is 0 Å². The second-order valence-corrected chi connectivity index (χ2v) is 6.42. The number of hydrogen-bond donors (Lipinski definition) is 0. The standard InChI is InChI=1S/C17H16N2O4S/c1-10-4-9-14(24-10)17(20)22-11(2)15-18-19-16(23-15)12-5-7-13(21-3)8-6-12/h4-9,11H,1-3H3. The summed E-state index contributed by atoms with van der Waals surface area (Å²) in [5, 5.41) is 7.97. The lowest BCUT2D eigenvalue weighted by Gasteiger charge is -2.07. The SMILES string of the molecule is COc1ccc(-c2nnc(C(C)OC(=O)c3ccc(C)s3)o2)cc1. The number of ether oxygens (including phenoxy) is 2. The first-order valence-electron chi connectivity index (χ1n) is 7.32. The zero-order chi connectivity index (χ0) is 17.1. The number of rotatable bonds is 5. The summed E-state index contributed by atoms with van der Waals surface area (Å²) in [6.07, 6.45) is -0.626. The van der Waals surface area contributed by atoms with Crippen molar-refractivity contribution < 1.29 is 18.7 Å². The lowest BCUT2D eigenvalue weighted by atomic mass is 10.2. The molecule has 0 spiro atoms. The first-order valence-corrected chi connectivity index (χ1v) is 8.13. The van der Waals surface area contributed by atoms with Crippen LogP contribution < -0.4 is 4.74 Å². The van der Waals surface area contributed by atoms with E-state index in [9.17, 15) is 4.79 Å². The third-order valence-corrected chi connectivity index (χ3v) is 4.33. The van der Waals surface area contributed by atoms with Gasteiger partial charge in [-0.05, 0) is 50.2 Å². The van der Waals surface area contributed by atoms with Crippen LogP contribution in [0.3, 0.4) is 0 Å². The van der Waals surface area contributed by atoms with Crippen LogP contribution in [0.4, 0.5) is 0 Å². The summed E-state index contributed by atoms with van der Waals surface area (Å²) in [5.74, 6) is 0.960. The van der Waals surface area contributed by atoms with Crippen LogP contribution in [0.5, 0.6) is 5.75 Å². The van der Waals surface area contributed by atoms with Crippen molar-refractivity contribution in [3.63, 3.8) is 0 Å². The molecule has 0 fully saturated rings. The van der Waals surface area contributed by atoms with Crippen LogP contribution in [-0.4, -0.2) is 23.3 Å². The fourth-order valence-corrected chi connectivity index (χ4v) is 2.81. The molecule has 0 amide bonds. The predicted molar refractivity (Wildman–Crippen MR) is 89.2 cm³/mol. The largest absolute Gasteiger partial charge is 0.497 e. The Labute approximate surface area is 143 Å². The van der Waals surface area contributed by atoms with E-state index >= 15 is 0 Å². The number of methoxy groups -OCH3 is 1. The molecule has 0 saturated carbocycles. The summed E-state index contributed by atoms with van der Waals surface area (Å²) in [6, 6.07) is 10.9. The number of thiophene rings is 1. The van der Waals surface area contributed by atoms with Crippen molar-refractivity contribution in [2.75, 3.05) is 7.11 Å². The highest BCUT2D eigenvalue weighted by molar-refractivity contribution is 7.13. The maximum atomic E-state index is 12.1. The van der Waals surface area contributed by atoms with Crippen molar-refractivity contribution in [1.29, 1.82) is 0 Å². The molecular formula is C17H16N2O4S. The van der Waals surface area contributed by atoms with Crippen molar-refractivity contribution in [2.45, 2.75) is 20.0 Å². The van der Waals surface area contributed by atoms with Crippen LogP contribution in [0.2, 0.25) is 0 Å². The molecular weight excluding hydrogens is 328 g/mol. The van der Waals surface area contributed by atoms with Gasteiger partial charge in [0, 0.05) is 10.4 Å². The average molecular weight is 344 g/mol. The van der Waals surface area contributed by atoms with Gasteiger partial charge in [-0.2, -0.15) is 0 Å². The van der Waals surface area contributed by atoms with Crippen LogP contribution in [-0.2, 0) is 4.74 Å². The van der Waals surface area contributed by atoms with Gasteiger partial charge in [0.1, 0.15) is 10.6 Å². The number of benzene rings is 1. The van der Waals surface area contributed by atoms with Gasteiger partial charge >= 0.3 is 5.97 Å². The van der Waals surface area contributed by atoms with Crippen LogP contribution >= 0.6 is 11.3 Å². The highest BCUT2D eigenvalue weighted by Crippen LogP contribution is 2.25. The van der Waals surface area contributed by atoms with E-state index in [1.165, 1.54) is 11.3 Å². The van der Waals surface area contributed by atoms with Gasteiger partial charge in [0.2, 0.25) is 5.89 Å². The molecule has 1 atom stereocenters. The maximum Gasteiger partial charge on any atom is 0.349 e. The highest BCUT2D eigenvalue weighted by Gasteiger charge is 2.20. The third kappa shape index (κ3) is 3.46. The van der Waals surface area contributed by atoms with E-state index in [-0.39, 0.29) is 5.89 Å². The molecule has 1 unspecified atom stereocenters. The average Bonchev–Trinajstić information content (AvgIpc) is 3.24. The van der Waals surface area contributed by atoms with Gasteiger partial charge in [0.25, 0.3) is 5.89 Å². The van der Waals surface area contributed by atoms with Crippen LogP contribution in [0.15, 0.2) is 40.8 Å². The fourth-order valence-electron chi connectivity index (χ4n) is 2.06. The van der Waals surface area contributed by atoms with Crippen LogP contribution in [0.25, 0.3) is 11.5 Å². The summed E-state index contributed by atoms with van der Waals surface area (Å²) >= 11 is 1.39. The number of nitrogens with zero attached hydrogens (tertiary/aromatic N) is 2. The Morgan fingerprint density at radius 3 is 2.54 bits per heavy atom. The van der Waals surface area contributed by atoms with E-state index in [2.05, 4.69) is 10.2 Å². The summed E-state index contributed by atoms with van der Waals surface area (Å²) < 4.78 is 16.1. The van der Waals surface area contributed by atoms with Gasteiger partial charge < -0.3 is 13.9 Å². The summed E-state index contributed by atoms with van der Waals surface area (Å²) in [7, 11) is 1.60. The second kappa shape index (κ2) is 6.84. The number of aryl methyl sites for hydroxylation is 1. The van der Waals surface area contributed by atoms with Crippen molar-refractivity contribution in [3.05, 3.63) is 52.0 Å². The second-order valence-electron chi connectivity index (χ2n) is 5.13. The van der Waals surface area contributed by atoms with E-state index in [4.69, 9.17) is 13.9 Å². The Kier molecular flexibility index (Phi) is 4.61. The minimum absolute atomic E-state index is 0.252. The normalized spacial score (nSPS) is 12.0. The number of carbonyl (C=O) groups excluding carboxylic acids is 1. The van der Waals surface area contributed by atoms with Crippen LogP contribution in [0, 0.1) is 6.92 Å². The molecule has 0 aliphatic carbocycles. The topological polar surface area (TPSA) is 74.5 Å². The molecule has 2 aromatic heterocycles. The number of carbonyl (C=O) groups is 1. The Hall–Kier alpha value is -2.67. The molecule has 0 bridgehead atoms. The molecule has 2 heterocycles. The smallest absolute Gasteiger partial charge is 0.349 e. The van der Waals surface area contributed by atoms with Gasteiger partial charge in [-0.15, -0.1) is 21.5 Å². The molecule has 0 aliphatic heterocycles. The molecule has 0 aliphatic rings. The van der Waals surface area contributed by atoms with Crippen LogP contribution in [0.1, 0.15) is 33.5 Å². The molecule has 1 aromatic carbocycles. The zero-order valence-electron chi connectivity index (χ0n) is 13.5. The summed E-state index contributed by atoms with van der Waals surface area (Å²) in [4.78, 5) is 13.7. The Morgan fingerprint density at radius 2 is 1.92 bits per heavy atom. The van der Waals surface area contributed by atoms with Crippen molar-refractivity contribution >= 4 is 17.3 Å². The van der Waals surface area contributed by atoms with E-state index in [0.29, 0.717) is 10.8 Å². The molecule has 0 saturated heterocycles. The first kappa shape index (κ1) is 16.2.